The number of phenols is 2. The van der Waals surface area contributed by atoms with Gasteiger partial charge in [-0.2, -0.15) is 0 Å². The topological polar surface area (TPSA) is 162 Å². The third-order valence-corrected chi connectivity index (χ3v) is 6.77. The molecule has 1 atom stereocenters. The lowest BCUT2D eigenvalue weighted by molar-refractivity contribution is -0.123. The Hall–Kier alpha value is -4.44. The highest BCUT2D eigenvalue weighted by Gasteiger charge is 2.56. The minimum absolute atomic E-state index is 0.0257. The summed E-state index contributed by atoms with van der Waals surface area (Å²) in [6, 6.07) is 5.18. The molecule has 3 aromatic rings. The van der Waals surface area contributed by atoms with Gasteiger partial charge in [0.2, 0.25) is 0 Å². The van der Waals surface area contributed by atoms with Crippen LogP contribution in [-0.4, -0.2) is 42.6 Å². The Balaban J connectivity index is 1.63. The number of anilines is 1. The molecule has 1 aliphatic heterocycles. The van der Waals surface area contributed by atoms with Gasteiger partial charge < -0.3 is 30.4 Å². The highest BCUT2D eigenvalue weighted by Crippen LogP contribution is 2.57. The summed E-state index contributed by atoms with van der Waals surface area (Å²) in [6.07, 6.45) is 1.17. The van der Waals surface area contributed by atoms with E-state index in [9.17, 15) is 29.7 Å². The number of nitrogens with one attached hydrogen (secondary N) is 2. The fourth-order valence-corrected chi connectivity index (χ4v) is 4.86. The first-order chi connectivity index (χ1) is 17.0. The smallest absolute Gasteiger partial charge is 0.194 e. The minimum atomic E-state index is -1.59. The van der Waals surface area contributed by atoms with Crippen molar-refractivity contribution in [2.75, 3.05) is 5.32 Å². The molecule has 1 unspecified atom stereocenters. The van der Waals surface area contributed by atoms with Crippen molar-refractivity contribution in [2.45, 2.75) is 39.7 Å². The van der Waals surface area contributed by atoms with Crippen LogP contribution in [0.5, 0.6) is 17.2 Å². The predicted molar refractivity (Wildman–Crippen MR) is 129 cm³/mol. The van der Waals surface area contributed by atoms with Gasteiger partial charge in [-0.15, -0.1) is 0 Å². The van der Waals surface area contributed by atoms with Gasteiger partial charge in [0.1, 0.15) is 46.4 Å². The number of benzene rings is 2. The van der Waals surface area contributed by atoms with E-state index in [2.05, 4.69) is 15.3 Å². The number of allylic oxidation sites excluding steroid dienone is 4. The number of Topliss-reactive ketones (excluding diaryl/α,β-unsaturated/α-hetero) is 2. The molecule has 0 saturated heterocycles. The number of carbonyl (C=O) groups excluding carboxylic acids is 3. The molecule has 36 heavy (non-hydrogen) atoms. The normalized spacial score (nSPS) is 20.1. The predicted octanol–water partition coefficient (Wildman–Crippen LogP) is 3.05. The number of aromatic hydroxyl groups is 2. The van der Waals surface area contributed by atoms with Crippen LogP contribution < -0.4 is 10.1 Å². The lowest BCUT2D eigenvalue weighted by Gasteiger charge is -2.29. The summed E-state index contributed by atoms with van der Waals surface area (Å²) in [6.45, 7) is 5.53. The highest BCUT2D eigenvalue weighted by atomic mass is 16.5. The summed E-state index contributed by atoms with van der Waals surface area (Å²) in [4.78, 5) is 46.5. The van der Waals surface area contributed by atoms with Gasteiger partial charge in [0.15, 0.2) is 17.3 Å². The fraction of sp³-hybridized carbons (Fsp3) is 0.231. The van der Waals surface area contributed by atoms with Crippen LogP contribution >= 0.6 is 0 Å². The average Bonchev–Trinajstić information content (AvgIpc) is 3.36. The number of aliphatic hydroxyl groups excluding tert-OH is 1. The zero-order chi connectivity index (χ0) is 26.1. The Bertz CT molecular complexity index is 1590. The van der Waals surface area contributed by atoms with Crippen molar-refractivity contribution < 1.29 is 34.4 Å². The molecule has 184 valence electrons. The molecule has 2 heterocycles. The number of phenolic OH excluding ortho intramolecular Hbond substituents is 2. The Kier molecular flexibility index (Phi) is 5.04. The van der Waals surface area contributed by atoms with Gasteiger partial charge in [-0.25, -0.2) is 4.98 Å². The molecular weight excluding hydrogens is 466 g/mol. The molecule has 0 radical (unpaired) electrons. The molecule has 0 saturated carbocycles. The van der Waals surface area contributed by atoms with E-state index in [-0.39, 0.29) is 51.8 Å². The van der Waals surface area contributed by atoms with E-state index in [0.717, 1.165) is 0 Å². The van der Waals surface area contributed by atoms with Crippen LogP contribution in [0.2, 0.25) is 0 Å². The first-order valence-electron chi connectivity index (χ1n) is 11.2. The van der Waals surface area contributed by atoms with Gasteiger partial charge in [-0.3, -0.25) is 14.4 Å². The van der Waals surface area contributed by atoms with Crippen LogP contribution in [0.4, 0.5) is 5.69 Å². The van der Waals surface area contributed by atoms with Crippen molar-refractivity contribution in [1.82, 2.24) is 9.97 Å². The van der Waals surface area contributed by atoms with E-state index in [1.807, 2.05) is 0 Å². The van der Waals surface area contributed by atoms with Crippen molar-refractivity contribution >= 4 is 34.1 Å². The summed E-state index contributed by atoms with van der Waals surface area (Å²) >= 11 is 0. The van der Waals surface area contributed by atoms with E-state index in [1.54, 1.807) is 25.1 Å². The van der Waals surface area contributed by atoms with Crippen LogP contribution in [0, 0.1) is 6.92 Å². The van der Waals surface area contributed by atoms with E-state index in [4.69, 9.17) is 4.74 Å². The summed E-state index contributed by atoms with van der Waals surface area (Å²) in [7, 11) is 0. The molecule has 2 aromatic carbocycles. The standard InChI is InChI=1S/C26H23N3O7/c1-10-22(33)20(12(3)31)24-21(23(10)34)26(4)17(36-24)8-16(32)19(25(26)35)11(2)27-13-5-6-14-15(7-13)29-18(9-30)28-14/h5-8,27,30,33-34H,9H2,1-4H3,(H,28,29). The Morgan fingerprint density at radius 3 is 2.58 bits per heavy atom. The van der Waals surface area contributed by atoms with E-state index in [0.29, 0.717) is 22.5 Å². The number of rotatable bonds is 4. The van der Waals surface area contributed by atoms with Gasteiger partial charge in [0.25, 0.3) is 0 Å². The number of nitrogens with zero attached hydrogens (tertiary/aromatic N) is 1. The van der Waals surface area contributed by atoms with Gasteiger partial charge >= 0.3 is 0 Å². The van der Waals surface area contributed by atoms with Crippen LogP contribution in [0.25, 0.3) is 11.0 Å². The van der Waals surface area contributed by atoms with Crippen molar-refractivity contribution in [3.63, 3.8) is 0 Å². The number of imidazole rings is 1. The molecule has 5 N–H and O–H groups in total. The third kappa shape index (κ3) is 3.07. The van der Waals surface area contributed by atoms with E-state index < -0.39 is 28.5 Å². The number of fused-ring (bicyclic) bond motifs is 4. The summed E-state index contributed by atoms with van der Waals surface area (Å²) < 4.78 is 5.78. The Morgan fingerprint density at radius 1 is 1.19 bits per heavy atom. The number of aromatic nitrogens is 2. The zero-order valence-corrected chi connectivity index (χ0v) is 19.9. The first-order valence-corrected chi connectivity index (χ1v) is 11.2. The third-order valence-electron chi connectivity index (χ3n) is 6.77. The van der Waals surface area contributed by atoms with Gasteiger partial charge in [-0.05, 0) is 45.9 Å². The minimum Gasteiger partial charge on any atom is -0.507 e. The maximum Gasteiger partial charge on any atom is 0.194 e. The molecule has 5 rings (SSSR count). The number of hydrogen-bond acceptors (Lipinski definition) is 9. The second-order valence-corrected chi connectivity index (χ2v) is 9.09. The Morgan fingerprint density at radius 2 is 1.92 bits per heavy atom. The number of aliphatic hydroxyl groups is 1. The molecule has 1 aliphatic carbocycles. The largest absolute Gasteiger partial charge is 0.507 e. The number of carbonyl (C=O) groups is 3. The summed E-state index contributed by atoms with van der Waals surface area (Å²) in [5.74, 6) is -2.29. The molecule has 0 amide bonds. The molecule has 2 aliphatic rings. The number of hydrogen-bond donors (Lipinski definition) is 5. The number of ether oxygens (including phenoxy) is 1. The maximum absolute atomic E-state index is 13.9. The highest BCUT2D eigenvalue weighted by molar-refractivity contribution is 6.31. The molecule has 1 aromatic heterocycles. The second kappa shape index (κ2) is 7.79. The monoisotopic (exact) mass is 489 g/mol. The van der Waals surface area contributed by atoms with E-state index in [1.165, 1.54) is 26.8 Å². The molecule has 10 nitrogen and oxygen atoms in total. The number of H-pyrrole nitrogens is 1. The number of aromatic amines is 1. The fourth-order valence-electron chi connectivity index (χ4n) is 4.86. The van der Waals surface area contributed by atoms with Gasteiger partial charge in [0, 0.05) is 23.0 Å². The first kappa shape index (κ1) is 23.3. The lowest BCUT2D eigenvalue weighted by Crippen LogP contribution is -2.40. The molecular formula is C26H23N3O7. The van der Waals surface area contributed by atoms with Crippen molar-refractivity contribution in [1.29, 1.82) is 0 Å². The Labute approximate surface area is 204 Å². The molecule has 0 spiro atoms. The molecule has 10 heteroatoms. The van der Waals surface area contributed by atoms with Gasteiger partial charge in [0.05, 0.1) is 22.2 Å². The van der Waals surface area contributed by atoms with Crippen molar-refractivity contribution in [2.24, 2.45) is 0 Å². The van der Waals surface area contributed by atoms with E-state index >= 15 is 0 Å². The van der Waals surface area contributed by atoms with Gasteiger partial charge in [-0.1, -0.05) is 0 Å². The van der Waals surface area contributed by atoms with Crippen LogP contribution in [0.15, 0.2) is 41.3 Å². The molecule has 0 fully saturated rings. The molecule has 0 bridgehead atoms. The lowest BCUT2D eigenvalue weighted by atomic mass is 9.70. The van der Waals surface area contributed by atoms with Crippen LogP contribution in [0.1, 0.15) is 48.1 Å². The summed E-state index contributed by atoms with van der Waals surface area (Å²) in [5, 5.41) is 33.7. The number of ketones is 3. The van der Waals surface area contributed by atoms with Crippen LogP contribution in [-0.2, 0) is 21.6 Å². The summed E-state index contributed by atoms with van der Waals surface area (Å²) in [5.41, 5.74) is 0.350. The van der Waals surface area contributed by atoms with Crippen LogP contribution in [0.3, 0.4) is 0 Å². The zero-order valence-electron chi connectivity index (χ0n) is 19.9. The van der Waals surface area contributed by atoms with Crippen molar-refractivity contribution in [3.05, 3.63) is 63.8 Å². The average molecular weight is 489 g/mol. The quantitative estimate of drug-likeness (QED) is 0.211. The maximum atomic E-state index is 13.9. The second-order valence-electron chi connectivity index (χ2n) is 9.09. The van der Waals surface area contributed by atoms with Crippen molar-refractivity contribution in [3.8, 4) is 17.2 Å². The SMILES string of the molecule is CC(=O)c1c(O)c(C)c(O)c2c1OC1=CC(=O)C(=C(C)Nc3ccc4nc(CO)[nH]c4c3)C(=O)C12C.